The van der Waals surface area contributed by atoms with Crippen LogP contribution in [0.3, 0.4) is 0 Å². The van der Waals surface area contributed by atoms with Crippen molar-refractivity contribution >= 4 is 11.8 Å². The Labute approximate surface area is 90.3 Å². The second-order valence-corrected chi connectivity index (χ2v) is 3.87. The largest absolute Gasteiger partial charge is 0.348 e. The third kappa shape index (κ3) is 3.73. The quantitative estimate of drug-likeness (QED) is 0.682. The van der Waals surface area contributed by atoms with Crippen LogP contribution in [0.1, 0.15) is 26.2 Å². The van der Waals surface area contributed by atoms with Gasteiger partial charge >= 0.3 is 0 Å². The normalized spacial score (nSPS) is 21.7. The molecule has 1 saturated heterocycles. The first kappa shape index (κ1) is 11.8. The first-order valence-corrected chi connectivity index (χ1v) is 5.32. The third-order valence-corrected chi connectivity index (χ3v) is 2.65. The summed E-state index contributed by atoms with van der Waals surface area (Å²) in [5.41, 5.74) is 0. The molecule has 4 heteroatoms. The fraction of sp³-hybridized carbons (Fsp3) is 0.636. The van der Waals surface area contributed by atoms with Crippen molar-refractivity contribution in [2.24, 2.45) is 0 Å². The van der Waals surface area contributed by atoms with Crippen molar-refractivity contribution in [1.29, 1.82) is 0 Å². The second-order valence-electron chi connectivity index (χ2n) is 3.87. The van der Waals surface area contributed by atoms with Gasteiger partial charge in [-0.05, 0) is 25.3 Å². The molecule has 1 fully saturated rings. The molecule has 1 rings (SSSR count). The Balaban J connectivity index is 2.52. The maximum absolute atomic E-state index is 11.2. The van der Waals surface area contributed by atoms with Gasteiger partial charge in [-0.25, -0.2) is 0 Å². The standard InChI is InChI=1S/C11H18N2O2/c1-3-11(15)12-10-6-4-5-7-13(8-10)9(2)14/h3,10H,1,4-8H2,2H3,(H,12,15). The number of likely N-dealkylation sites (tertiary alicyclic amines) is 1. The number of hydrogen-bond donors (Lipinski definition) is 1. The van der Waals surface area contributed by atoms with Crippen LogP contribution in [0.15, 0.2) is 12.7 Å². The Morgan fingerprint density at radius 3 is 2.80 bits per heavy atom. The van der Waals surface area contributed by atoms with Gasteiger partial charge < -0.3 is 10.2 Å². The van der Waals surface area contributed by atoms with Crippen LogP contribution >= 0.6 is 0 Å². The van der Waals surface area contributed by atoms with E-state index in [1.807, 2.05) is 0 Å². The van der Waals surface area contributed by atoms with Crippen molar-refractivity contribution in [1.82, 2.24) is 10.2 Å². The lowest BCUT2D eigenvalue weighted by molar-refractivity contribution is -0.129. The van der Waals surface area contributed by atoms with Crippen molar-refractivity contribution in [2.45, 2.75) is 32.2 Å². The molecule has 1 heterocycles. The lowest BCUT2D eigenvalue weighted by Gasteiger charge is -2.23. The van der Waals surface area contributed by atoms with Gasteiger partial charge in [0.05, 0.1) is 0 Å². The van der Waals surface area contributed by atoms with Gasteiger partial charge in [-0.1, -0.05) is 6.58 Å². The number of amides is 2. The lowest BCUT2D eigenvalue weighted by Crippen LogP contribution is -2.43. The molecule has 4 nitrogen and oxygen atoms in total. The van der Waals surface area contributed by atoms with Gasteiger partial charge in [-0.15, -0.1) is 0 Å². The molecular formula is C11H18N2O2. The summed E-state index contributed by atoms with van der Waals surface area (Å²) in [6.07, 6.45) is 4.26. The van der Waals surface area contributed by atoms with Crippen LogP contribution in [0.2, 0.25) is 0 Å². The number of hydrogen-bond acceptors (Lipinski definition) is 2. The van der Waals surface area contributed by atoms with Crippen molar-refractivity contribution < 1.29 is 9.59 Å². The van der Waals surface area contributed by atoms with Crippen LogP contribution in [0.25, 0.3) is 0 Å². The number of nitrogens with zero attached hydrogens (tertiary/aromatic N) is 1. The van der Waals surface area contributed by atoms with Gasteiger partial charge in [0.1, 0.15) is 0 Å². The molecular weight excluding hydrogens is 192 g/mol. The third-order valence-electron chi connectivity index (χ3n) is 2.65. The summed E-state index contributed by atoms with van der Waals surface area (Å²) in [6.45, 7) is 6.40. The van der Waals surface area contributed by atoms with Crippen molar-refractivity contribution in [2.75, 3.05) is 13.1 Å². The molecule has 0 saturated carbocycles. The highest BCUT2D eigenvalue weighted by Crippen LogP contribution is 2.10. The first-order valence-electron chi connectivity index (χ1n) is 5.32. The Morgan fingerprint density at radius 1 is 1.47 bits per heavy atom. The SMILES string of the molecule is C=CC(=O)NC1CCCCN(C(C)=O)C1. The molecule has 1 aliphatic rings. The fourth-order valence-electron chi connectivity index (χ4n) is 1.81. The molecule has 15 heavy (non-hydrogen) atoms. The maximum Gasteiger partial charge on any atom is 0.243 e. The summed E-state index contributed by atoms with van der Waals surface area (Å²) in [7, 11) is 0. The van der Waals surface area contributed by atoms with E-state index in [1.54, 1.807) is 11.8 Å². The molecule has 1 atom stereocenters. The van der Waals surface area contributed by atoms with Crippen LogP contribution < -0.4 is 5.32 Å². The Hall–Kier alpha value is -1.32. The zero-order valence-corrected chi connectivity index (χ0v) is 9.16. The van der Waals surface area contributed by atoms with Crippen molar-refractivity contribution in [3.05, 3.63) is 12.7 Å². The Morgan fingerprint density at radius 2 is 2.20 bits per heavy atom. The van der Waals surface area contributed by atoms with Gasteiger partial charge in [-0.3, -0.25) is 9.59 Å². The molecule has 84 valence electrons. The molecule has 2 amide bonds. The average Bonchev–Trinajstić information content (AvgIpc) is 2.43. The number of nitrogens with one attached hydrogen (secondary N) is 1. The summed E-state index contributed by atoms with van der Waals surface area (Å²) in [4.78, 5) is 24.2. The fourth-order valence-corrected chi connectivity index (χ4v) is 1.81. The summed E-state index contributed by atoms with van der Waals surface area (Å²) in [5, 5.41) is 2.84. The van der Waals surface area contributed by atoms with Gasteiger partial charge in [-0.2, -0.15) is 0 Å². The second kappa shape index (κ2) is 5.53. The van der Waals surface area contributed by atoms with E-state index in [-0.39, 0.29) is 17.9 Å². The minimum Gasteiger partial charge on any atom is -0.348 e. The predicted octanol–water partition coefficient (Wildman–Crippen LogP) is 0.690. The van der Waals surface area contributed by atoms with E-state index in [0.29, 0.717) is 6.54 Å². The molecule has 0 radical (unpaired) electrons. The van der Waals surface area contributed by atoms with Crippen LogP contribution in [-0.4, -0.2) is 35.8 Å². The van der Waals surface area contributed by atoms with E-state index in [2.05, 4.69) is 11.9 Å². The van der Waals surface area contributed by atoms with Crippen LogP contribution in [-0.2, 0) is 9.59 Å². The Bertz CT molecular complexity index is 263. The van der Waals surface area contributed by atoms with E-state index in [9.17, 15) is 9.59 Å². The van der Waals surface area contributed by atoms with Gasteiger partial charge in [0.25, 0.3) is 0 Å². The van der Waals surface area contributed by atoms with Crippen LogP contribution in [0.5, 0.6) is 0 Å². The number of rotatable bonds is 2. The molecule has 0 aliphatic carbocycles. The summed E-state index contributed by atoms with van der Waals surface area (Å²) >= 11 is 0. The highest BCUT2D eigenvalue weighted by atomic mass is 16.2. The van der Waals surface area contributed by atoms with Gasteiger partial charge in [0.15, 0.2) is 0 Å². The molecule has 0 aromatic carbocycles. The molecule has 0 aromatic heterocycles. The molecule has 1 unspecified atom stereocenters. The topological polar surface area (TPSA) is 49.4 Å². The van der Waals surface area contributed by atoms with Crippen LogP contribution in [0, 0.1) is 0 Å². The molecule has 1 aliphatic heterocycles. The zero-order valence-electron chi connectivity index (χ0n) is 9.16. The summed E-state index contributed by atoms with van der Waals surface area (Å²) in [6, 6.07) is 0.0712. The monoisotopic (exact) mass is 210 g/mol. The van der Waals surface area contributed by atoms with Crippen molar-refractivity contribution in [3.8, 4) is 0 Å². The summed E-state index contributed by atoms with van der Waals surface area (Å²) in [5.74, 6) is -0.0832. The Kier molecular flexibility index (Phi) is 4.34. The average molecular weight is 210 g/mol. The maximum atomic E-state index is 11.2. The van der Waals surface area contributed by atoms with E-state index >= 15 is 0 Å². The number of carbonyl (C=O) groups excluding carboxylic acids is 2. The van der Waals surface area contributed by atoms with E-state index in [1.165, 1.54) is 6.08 Å². The van der Waals surface area contributed by atoms with E-state index in [0.717, 1.165) is 25.8 Å². The molecule has 0 bridgehead atoms. The highest BCUT2D eigenvalue weighted by Gasteiger charge is 2.20. The van der Waals surface area contributed by atoms with Crippen molar-refractivity contribution in [3.63, 3.8) is 0 Å². The van der Waals surface area contributed by atoms with Crippen LogP contribution in [0.4, 0.5) is 0 Å². The minimum atomic E-state index is -0.162. The molecule has 1 N–H and O–H groups in total. The lowest BCUT2D eigenvalue weighted by atomic mass is 10.1. The zero-order chi connectivity index (χ0) is 11.3. The predicted molar refractivity (Wildman–Crippen MR) is 58.2 cm³/mol. The van der Waals surface area contributed by atoms with E-state index < -0.39 is 0 Å². The highest BCUT2D eigenvalue weighted by molar-refractivity contribution is 5.87. The molecule has 0 spiro atoms. The minimum absolute atomic E-state index is 0.0712. The summed E-state index contributed by atoms with van der Waals surface area (Å²) < 4.78 is 0. The smallest absolute Gasteiger partial charge is 0.243 e. The van der Waals surface area contributed by atoms with Gasteiger partial charge in [0.2, 0.25) is 11.8 Å². The first-order chi connectivity index (χ1) is 7.13. The number of carbonyl (C=O) groups is 2. The van der Waals surface area contributed by atoms with Gasteiger partial charge in [0, 0.05) is 26.1 Å². The van der Waals surface area contributed by atoms with E-state index in [4.69, 9.17) is 0 Å². The molecule has 0 aromatic rings.